The van der Waals surface area contributed by atoms with Crippen molar-refractivity contribution >= 4 is 5.91 Å². The summed E-state index contributed by atoms with van der Waals surface area (Å²) >= 11 is 0. The number of nitrogens with zero attached hydrogens (tertiary/aromatic N) is 1. The molecule has 0 aliphatic heterocycles. The number of amides is 1. The SMILES string of the molecule is CCCCCNCCCc1c2c(n(-c3ccc(C(N)=O)cc3)c1-c1ccccc1)CCCC2. The van der Waals surface area contributed by atoms with Crippen molar-refractivity contribution in [3.63, 3.8) is 0 Å². The number of carbonyl (C=O) groups is 1. The zero-order valence-corrected chi connectivity index (χ0v) is 19.9. The number of nitrogens with two attached hydrogens (primary N) is 1. The minimum absolute atomic E-state index is 0.383. The van der Waals surface area contributed by atoms with Gasteiger partial charge in [-0.1, -0.05) is 50.1 Å². The summed E-state index contributed by atoms with van der Waals surface area (Å²) in [4.78, 5) is 11.6. The first-order chi connectivity index (χ1) is 16.2. The normalized spacial score (nSPS) is 13.1. The third kappa shape index (κ3) is 5.39. The van der Waals surface area contributed by atoms with Crippen molar-refractivity contribution in [1.29, 1.82) is 0 Å². The van der Waals surface area contributed by atoms with Crippen LogP contribution in [0.4, 0.5) is 0 Å². The summed E-state index contributed by atoms with van der Waals surface area (Å²) in [7, 11) is 0. The van der Waals surface area contributed by atoms with Gasteiger partial charge in [0.15, 0.2) is 0 Å². The number of aromatic nitrogens is 1. The Morgan fingerprint density at radius 2 is 1.67 bits per heavy atom. The molecule has 1 aliphatic rings. The van der Waals surface area contributed by atoms with E-state index in [1.165, 1.54) is 54.6 Å². The molecule has 0 unspecified atom stereocenters. The van der Waals surface area contributed by atoms with Crippen LogP contribution in [0.15, 0.2) is 54.6 Å². The van der Waals surface area contributed by atoms with E-state index in [-0.39, 0.29) is 5.91 Å². The molecule has 1 aromatic heterocycles. The van der Waals surface area contributed by atoms with Gasteiger partial charge in [0.1, 0.15) is 0 Å². The second-order valence-electron chi connectivity index (χ2n) is 9.13. The highest BCUT2D eigenvalue weighted by Crippen LogP contribution is 2.39. The molecule has 1 aliphatic carbocycles. The minimum Gasteiger partial charge on any atom is -0.366 e. The third-order valence-corrected chi connectivity index (χ3v) is 6.78. The van der Waals surface area contributed by atoms with Gasteiger partial charge in [-0.2, -0.15) is 0 Å². The van der Waals surface area contributed by atoms with E-state index >= 15 is 0 Å². The van der Waals surface area contributed by atoms with Crippen molar-refractivity contribution in [3.8, 4) is 16.9 Å². The molecule has 0 radical (unpaired) electrons. The predicted molar refractivity (Wildman–Crippen MR) is 137 cm³/mol. The number of benzene rings is 2. The summed E-state index contributed by atoms with van der Waals surface area (Å²) in [5.41, 5.74) is 14.2. The molecule has 174 valence electrons. The van der Waals surface area contributed by atoms with Crippen LogP contribution in [0.2, 0.25) is 0 Å². The maximum Gasteiger partial charge on any atom is 0.248 e. The number of unbranched alkanes of at least 4 members (excludes halogenated alkanes) is 2. The number of nitrogens with one attached hydrogen (secondary N) is 1. The molecule has 0 fully saturated rings. The molecule has 4 rings (SSSR count). The Bertz CT molecular complexity index is 1050. The average molecular weight is 444 g/mol. The monoisotopic (exact) mass is 443 g/mol. The van der Waals surface area contributed by atoms with Crippen molar-refractivity contribution in [2.75, 3.05) is 13.1 Å². The summed E-state index contributed by atoms with van der Waals surface area (Å²) in [6.07, 6.45) is 10.8. The Kier molecular flexibility index (Phi) is 8.01. The first-order valence-corrected chi connectivity index (χ1v) is 12.6. The average Bonchev–Trinajstić information content (AvgIpc) is 3.18. The van der Waals surface area contributed by atoms with Gasteiger partial charge >= 0.3 is 0 Å². The Hall–Kier alpha value is -2.85. The van der Waals surface area contributed by atoms with E-state index in [9.17, 15) is 4.79 Å². The van der Waals surface area contributed by atoms with Gasteiger partial charge in [-0.15, -0.1) is 0 Å². The van der Waals surface area contributed by atoms with Gasteiger partial charge in [-0.3, -0.25) is 4.79 Å². The fourth-order valence-electron chi connectivity index (χ4n) is 5.12. The summed E-state index contributed by atoms with van der Waals surface area (Å²) in [5, 5.41) is 3.63. The van der Waals surface area contributed by atoms with Crippen LogP contribution in [0.3, 0.4) is 0 Å². The largest absolute Gasteiger partial charge is 0.366 e. The predicted octanol–water partition coefficient (Wildman–Crippen LogP) is 5.83. The van der Waals surface area contributed by atoms with Crippen molar-refractivity contribution in [3.05, 3.63) is 77.0 Å². The number of hydrogen-bond donors (Lipinski definition) is 2. The third-order valence-electron chi connectivity index (χ3n) is 6.78. The van der Waals surface area contributed by atoms with Crippen molar-refractivity contribution in [2.45, 2.75) is 64.7 Å². The molecule has 3 N–H and O–H groups in total. The fourth-order valence-corrected chi connectivity index (χ4v) is 5.12. The van der Waals surface area contributed by atoms with Crippen LogP contribution in [0, 0.1) is 0 Å². The van der Waals surface area contributed by atoms with E-state index in [0.717, 1.165) is 44.5 Å². The molecular weight excluding hydrogens is 406 g/mol. The van der Waals surface area contributed by atoms with E-state index in [1.54, 1.807) is 5.56 Å². The zero-order valence-electron chi connectivity index (χ0n) is 19.9. The van der Waals surface area contributed by atoms with Crippen molar-refractivity contribution in [1.82, 2.24) is 9.88 Å². The Balaban J connectivity index is 1.70. The standard InChI is InChI=1S/C29H37N3O/c1-2-3-9-20-31-21-10-14-26-25-13-7-8-15-27(25)32(28(26)22-11-5-4-6-12-22)24-18-16-23(17-19-24)29(30)33/h4-6,11-12,16-19,31H,2-3,7-10,13-15,20-21H2,1H3,(H2,30,33). The molecule has 1 amide bonds. The maximum atomic E-state index is 11.6. The molecule has 33 heavy (non-hydrogen) atoms. The highest BCUT2D eigenvalue weighted by molar-refractivity contribution is 5.93. The van der Waals surface area contributed by atoms with Crippen LogP contribution in [0.1, 0.15) is 72.6 Å². The van der Waals surface area contributed by atoms with E-state index in [0.29, 0.717) is 5.56 Å². The number of rotatable bonds is 11. The van der Waals surface area contributed by atoms with Crippen LogP contribution >= 0.6 is 0 Å². The Labute approximate surface area is 198 Å². The van der Waals surface area contributed by atoms with Crippen LogP contribution < -0.4 is 11.1 Å². The fraction of sp³-hybridized carbons (Fsp3) is 0.414. The van der Waals surface area contributed by atoms with Crippen LogP contribution in [-0.4, -0.2) is 23.6 Å². The number of hydrogen-bond acceptors (Lipinski definition) is 2. The first kappa shape index (κ1) is 23.3. The molecule has 3 aromatic rings. The van der Waals surface area contributed by atoms with Crippen LogP contribution in [-0.2, 0) is 19.3 Å². The van der Waals surface area contributed by atoms with Crippen molar-refractivity contribution < 1.29 is 4.79 Å². The van der Waals surface area contributed by atoms with Gasteiger partial charge in [-0.05, 0) is 99.0 Å². The summed E-state index contributed by atoms with van der Waals surface area (Å²) in [6, 6.07) is 18.6. The molecule has 4 nitrogen and oxygen atoms in total. The Morgan fingerprint density at radius 1 is 0.939 bits per heavy atom. The van der Waals surface area contributed by atoms with Gasteiger partial charge in [-0.25, -0.2) is 0 Å². The van der Waals surface area contributed by atoms with Crippen LogP contribution in [0.5, 0.6) is 0 Å². The molecule has 1 heterocycles. The number of primary amides is 1. The van der Waals surface area contributed by atoms with E-state index in [1.807, 2.05) is 24.3 Å². The molecule has 0 saturated carbocycles. The van der Waals surface area contributed by atoms with E-state index in [4.69, 9.17) is 5.73 Å². The van der Waals surface area contributed by atoms with Gasteiger partial charge in [0, 0.05) is 16.9 Å². The smallest absolute Gasteiger partial charge is 0.248 e. The first-order valence-electron chi connectivity index (χ1n) is 12.6. The lowest BCUT2D eigenvalue weighted by Crippen LogP contribution is -2.17. The van der Waals surface area contributed by atoms with Crippen molar-refractivity contribution in [2.24, 2.45) is 5.73 Å². The molecule has 0 bridgehead atoms. The highest BCUT2D eigenvalue weighted by Gasteiger charge is 2.26. The van der Waals surface area contributed by atoms with Crippen LogP contribution in [0.25, 0.3) is 16.9 Å². The second kappa shape index (κ2) is 11.3. The zero-order chi connectivity index (χ0) is 23.0. The number of carbonyl (C=O) groups excluding carboxylic acids is 1. The molecule has 0 atom stereocenters. The molecular formula is C29H37N3O. The summed E-state index contributed by atoms with van der Waals surface area (Å²) in [6.45, 7) is 4.43. The lowest BCUT2D eigenvalue weighted by molar-refractivity contribution is 0.100. The molecule has 0 spiro atoms. The highest BCUT2D eigenvalue weighted by atomic mass is 16.1. The summed E-state index contributed by atoms with van der Waals surface area (Å²) in [5.74, 6) is -0.383. The van der Waals surface area contributed by atoms with Gasteiger partial charge in [0.25, 0.3) is 0 Å². The van der Waals surface area contributed by atoms with E-state index in [2.05, 4.69) is 47.1 Å². The molecule has 2 aromatic carbocycles. The second-order valence-corrected chi connectivity index (χ2v) is 9.13. The van der Waals surface area contributed by atoms with Gasteiger partial charge < -0.3 is 15.6 Å². The Morgan fingerprint density at radius 3 is 2.39 bits per heavy atom. The lowest BCUT2D eigenvalue weighted by Gasteiger charge is -2.17. The minimum atomic E-state index is -0.383. The van der Waals surface area contributed by atoms with Gasteiger partial charge in [0.2, 0.25) is 5.91 Å². The quantitative estimate of drug-likeness (QED) is 0.366. The van der Waals surface area contributed by atoms with Gasteiger partial charge in [0.05, 0.1) is 5.69 Å². The molecule has 4 heteroatoms. The molecule has 0 saturated heterocycles. The number of fused-ring (bicyclic) bond motifs is 1. The maximum absolute atomic E-state index is 11.6. The summed E-state index contributed by atoms with van der Waals surface area (Å²) < 4.78 is 2.46. The lowest BCUT2D eigenvalue weighted by atomic mass is 9.91. The van der Waals surface area contributed by atoms with E-state index < -0.39 is 0 Å². The topological polar surface area (TPSA) is 60.1 Å².